The molecule has 0 bridgehead atoms. The van der Waals surface area contributed by atoms with Gasteiger partial charge in [0.2, 0.25) is 5.91 Å². The number of aromatic amines is 1. The van der Waals surface area contributed by atoms with Crippen LogP contribution in [0.5, 0.6) is 0 Å². The van der Waals surface area contributed by atoms with Crippen LogP contribution in [0.2, 0.25) is 0 Å². The molecular weight excluding hydrogens is 268 g/mol. The maximum absolute atomic E-state index is 11.6. The largest absolute Gasteiger partial charge is 0.477 e. The van der Waals surface area contributed by atoms with E-state index in [0.29, 0.717) is 10.7 Å². The van der Waals surface area contributed by atoms with Crippen molar-refractivity contribution < 1.29 is 14.7 Å². The van der Waals surface area contributed by atoms with Crippen molar-refractivity contribution in [3.8, 4) is 0 Å². The average molecular weight is 280 g/mol. The van der Waals surface area contributed by atoms with Crippen molar-refractivity contribution in [1.82, 2.24) is 20.5 Å². The highest BCUT2D eigenvalue weighted by Crippen LogP contribution is 2.17. The van der Waals surface area contributed by atoms with Crippen LogP contribution < -0.4 is 5.32 Å². The minimum Gasteiger partial charge on any atom is -0.477 e. The van der Waals surface area contributed by atoms with Gasteiger partial charge in [-0.05, 0) is 13.0 Å². The second-order valence-corrected chi connectivity index (χ2v) is 4.95. The Bertz CT molecular complexity index is 591. The van der Waals surface area contributed by atoms with Crippen LogP contribution in [0.3, 0.4) is 0 Å². The number of carbonyl (C=O) groups excluding carboxylic acids is 1. The fraction of sp³-hybridized carbons (Fsp3) is 0.273. The predicted octanol–water partition coefficient (Wildman–Crippen LogP) is 0.732. The van der Waals surface area contributed by atoms with Crippen LogP contribution in [0.4, 0.5) is 0 Å². The van der Waals surface area contributed by atoms with Gasteiger partial charge >= 0.3 is 5.97 Å². The molecule has 1 amide bonds. The van der Waals surface area contributed by atoms with Crippen LogP contribution in [0, 0.1) is 6.92 Å². The van der Waals surface area contributed by atoms with Gasteiger partial charge in [0.1, 0.15) is 9.88 Å². The number of carbonyl (C=O) groups is 2. The molecule has 100 valence electrons. The van der Waals surface area contributed by atoms with Gasteiger partial charge in [-0.15, -0.1) is 11.3 Å². The van der Waals surface area contributed by atoms with E-state index >= 15 is 0 Å². The number of carboxylic acids is 1. The highest BCUT2D eigenvalue weighted by molar-refractivity contribution is 7.13. The molecule has 0 unspecified atom stereocenters. The third-order valence-electron chi connectivity index (χ3n) is 2.38. The van der Waals surface area contributed by atoms with E-state index < -0.39 is 5.97 Å². The second-order valence-electron chi connectivity index (χ2n) is 3.86. The Kier molecular flexibility index (Phi) is 3.91. The summed E-state index contributed by atoms with van der Waals surface area (Å²) in [4.78, 5) is 26.8. The number of aryl methyl sites for hydroxylation is 1. The Morgan fingerprint density at radius 3 is 2.89 bits per heavy atom. The summed E-state index contributed by atoms with van der Waals surface area (Å²) in [5.74, 6) is -1.17. The van der Waals surface area contributed by atoms with Crippen molar-refractivity contribution in [1.29, 1.82) is 0 Å². The molecule has 7 nitrogen and oxygen atoms in total. The maximum Gasteiger partial charge on any atom is 0.347 e. The molecule has 0 radical (unpaired) electrons. The van der Waals surface area contributed by atoms with Crippen molar-refractivity contribution in [2.45, 2.75) is 19.9 Å². The first-order valence-electron chi connectivity index (χ1n) is 5.51. The molecule has 19 heavy (non-hydrogen) atoms. The Morgan fingerprint density at radius 1 is 1.53 bits per heavy atom. The summed E-state index contributed by atoms with van der Waals surface area (Å²) >= 11 is 1.07. The standard InChI is InChI=1S/C11H12N4O3S/c1-6-10(11(17)18)19-9(14-6)5-12-8(16)4-7-2-3-13-15-7/h2-3H,4-5H2,1H3,(H,12,16)(H,13,15)(H,17,18). The molecule has 2 aromatic rings. The lowest BCUT2D eigenvalue weighted by Crippen LogP contribution is -2.24. The zero-order chi connectivity index (χ0) is 13.8. The summed E-state index contributed by atoms with van der Waals surface area (Å²) in [6.45, 7) is 1.86. The number of amides is 1. The number of aromatic carboxylic acids is 1. The van der Waals surface area contributed by atoms with E-state index in [-0.39, 0.29) is 23.7 Å². The summed E-state index contributed by atoms with van der Waals surface area (Å²) < 4.78 is 0. The summed E-state index contributed by atoms with van der Waals surface area (Å²) in [6.07, 6.45) is 1.78. The number of hydrogen-bond donors (Lipinski definition) is 3. The molecule has 0 atom stereocenters. The molecule has 0 aromatic carbocycles. The number of hydrogen-bond acceptors (Lipinski definition) is 5. The zero-order valence-corrected chi connectivity index (χ0v) is 11.0. The van der Waals surface area contributed by atoms with Gasteiger partial charge in [0.05, 0.1) is 18.7 Å². The highest BCUT2D eigenvalue weighted by Gasteiger charge is 2.14. The van der Waals surface area contributed by atoms with Gasteiger partial charge in [0.25, 0.3) is 0 Å². The first-order chi connectivity index (χ1) is 9.06. The fourth-order valence-electron chi connectivity index (χ4n) is 1.52. The number of H-pyrrole nitrogens is 1. The van der Waals surface area contributed by atoms with Crippen LogP contribution >= 0.6 is 11.3 Å². The van der Waals surface area contributed by atoms with Crippen LogP contribution in [-0.2, 0) is 17.8 Å². The lowest BCUT2D eigenvalue weighted by atomic mass is 10.3. The smallest absolute Gasteiger partial charge is 0.347 e. The number of nitrogens with one attached hydrogen (secondary N) is 2. The van der Waals surface area contributed by atoms with E-state index in [1.54, 1.807) is 19.2 Å². The third-order valence-corrected chi connectivity index (χ3v) is 3.53. The molecule has 0 fully saturated rings. The molecular formula is C11H12N4O3S. The first-order valence-corrected chi connectivity index (χ1v) is 6.32. The van der Waals surface area contributed by atoms with Crippen LogP contribution in [0.25, 0.3) is 0 Å². The molecule has 2 rings (SSSR count). The molecule has 2 aromatic heterocycles. The lowest BCUT2D eigenvalue weighted by Gasteiger charge is -2.01. The zero-order valence-electron chi connectivity index (χ0n) is 10.1. The number of carboxylic acid groups (broad SMARTS) is 1. The minimum atomic E-state index is -0.995. The fourth-order valence-corrected chi connectivity index (χ4v) is 2.36. The van der Waals surface area contributed by atoms with Gasteiger partial charge in [-0.2, -0.15) is 5.10 Å². The minimum absolute atomic E-state index is 0.172. The van der Waals surface area contributed by atoms with Crippen molar-refractivity contribution in [2.75, 3.05) is 0 Å². The Balaban J connectivity index is 1.90. The van der Waals surface area contributed by atoms with E-state index in [4.69, 9.17) is 5.11 Å². The third kappa shape index (κ3) is 3.38. The number of thiazole rings is 1. The molecule has 0 saturated carbocycles. The maximum atomic E-state index is 11.6. The van der Waals surface area contributed by atoms with Gasteiger partial charge < -0.3 is 10.4 Å². The van der Waals surface area contributed by atoms with Crippen LogP contribution in [-0.4, -0.2) is 32.2 Å². The quantitative estimate of drug-likeness (QED) is 0.748. The average Bonchev–Trinajstić information content (AvgIpc) is 2.96. The summed E-state index contributed by atoms with van der Waals surface area (Å²) in [7, 11) is 0. The van der Waals surface area contributed by atoms with Crippen LogP contribution in [0.15, 0.2) is 12.3 Å². The monoisotopic (exact) mass is 280 g/mol. The SMILES string of the molecule is Cc1nc(CNC(=O)Cc2ccn[nH]2)sc1C(=O)O. The molecule has 0 aliphatic heterocycles. The molecule has 0 aliphatic carbocycles. The molecule has 0 saturated heterocycles. The van der Waals surface area contributed by atoms with Gasteiger partial charge in [-0.3, -0.25) is 9.89 Å². The Labute approximate surface area is 112 Å². The van der Waals surface area contributed by atoms with Crippen molar-refractivity contribution >= 4 is 23.2 Å². The van der Waals surface area contributed by atoms with Crippen molar-refractivity contribution in [2.24, 2.45) is 0 Å². The van der Waals surface area contributed by atoms with E-state index in [9.17, 15) is 9.59 Å². The van der Waals surface area contributed by atoms with Crippen LogP contribution in [0.1, 0.15) is 26.1 Å². The Hall–Kier alpha value is -2.22. The lowest BCUT2D eigenvalue weighted by molar-refractivity contribution is -0.120. The number of rotatable bonds is 5. The predicted molar refractivity (Wildman–Crippen MR) is 67.9 cm³/mol. The number of nitrogens with zero attached hydrogens (tertiary/aromatic N) is 2. The van der Waals surface area contributed by atoms with Gasteiger partial charge in [-0.1, -0.05) is 0 Å². The van der Waals surface area contributed by atoms with Gasteiger partial charge in [0.15, 0.2) is 0 Å². The summed E-state index contributed by atoms with van der Waals surface area (Å²) in [5.41, 5.74) is 1.19. The van der Waals surface area contributed by atoms with Gasteiger partial charge in [0, 0.05) is 11.9 Å². The molecule has 0 aliphatic rings. The normalized spacial score (nSPS) is 10.4. The molecule has 0 spiro atoms. The van der Waals surface area contributed by atoms with Crippen molar-refractivity contribution in [3.63, 3.8) is 0 Å². The summed E-state index contributed by atoms with van der Waals surface area (Å²) in [6, 6.07) is 1.72. The van der Waals surface area contributed by atoms with Crippen molar-refractivity contribution in [3.05, 3.63) is 33.5 Å². The number of aromatic nitrogens is 3. The molecule has 2 heterocycles. The van der Waals surface area contributed by atoms with E-state index in [1.807, 2.05) is 0 Å². The molecule has 8 heteroatoms. The molecule has 3 N–H and O–H groups in total. The summed E-state index contributed by atoms with van der Waals surface area (Å²) in [5, 5.41) is 18.6. The first kappa shape index (κ1) is 13.2. The topological polar surface area (TPSA) is 108 Å². The highest BCUT2D eigenvalue weighted by atomic mass is 32.1. The Morgan fingerprint density at radius 2 is 2.32 bits per heavy atom. The second kappa shape index (κ2) is 5.61. The van der Waals surface area contributed by atoms with E-state index in [2.05, 4.69) is 20.5 Å². The van der Waals surface area contributed by atoms with E-state index in [1.165, 1.54) is 0 Å². The van der Waals surface area contributed by atoms with E-state index in [0.717, 1.165) is 17.0 Å². The van der Waals surface area contributed by atoms with Gasteiger partial charge in [-0.25, -0.2) is 9.78 Å².